The van der Waals surface area contributed by atoms with Gasteiger partial charge in [0.2, 0.25) is 0 Å². The van der Waals surface area contributed by atoms with Crippen molar-refractivity contribution in [3.63, 3.8) is 0 Å². The molecule has 28 heavy (non-hydrogen) atoms. The molecule has 3 fully saturated rings. The van der Waals surface area contributed by atoms with Crippen molar-refractivity contribution in [3.8, 4) is 0 Å². The van der Waals surface area contributed by atoms with Gasteiger partial charge >= 0.3 is 0 Å². The molecule has 2 N–H and O–H groups in total. The third kappa shape index (κ3) is 2.66. The molecule has 5 aliphatic rings. The molecule has 0 aromatic carbocycles. The summed E-state index contributed by atoms with van der Waals surface area (Å²) < 4.78 is 0. The Labute approximate surface area is 172 Å². The van der Waals surface area contributed by atoms with Crippen LogP contribution in [0.3, 0.4) is 0 Å². The van der Waals surface area contributed by atoms with Crippen molar-refractivity contribution in [2.75, 3.05) is 13.1 Å². The average Bonchev–Trinajstić information content (AvgIpc) is 2.94. The summed E-state index contributed by atoms with van der Waals surface area (Å²) in [6, 6.07) is 0. The van der Waals surface area contributed by atoms with E-state index in [4.69, 9.17) is 0 Å². The number of piperidine rings is 1. The standard InChI is InChI=1S/C26H41NO/c1-16-12-19-14-20(28)7-9-25(19,3)21-8-10-26(4)22(23(16)21)13-17(2)24(26)18-6-5-11-27-15-18/h12,16,18,20-23,27-28H,5-11,13-15H2,1-4H3/t16-,18?,20+,21-,22-,23+,25-,26-/m0/s1. The normalized spacial score (nSPS) is 51.2. The Morgan fingerprint density at radius 1 is 1.04 bits per heavy atom. The fourth-order valence-electron chi connectivity index (χ4n) is 8.88. The summed E-state index contributed by atoms with van der Waals surface area (Å²) in [4.78, 5) is 0. The second kappa shape index (κ2) is 6.71. The first-order chi connectivity index (χ1) is 13.3. The maximum atomic E-state index is 10.3. The minimum absolute atomic E-state index is 0.0993. The molecule has 4 aliphatic carbocycles. The van der Waals surface area contributed by atoms with Gasteiger partial charge in [0.1, 0.15) is 0 Å². The highest BCUT2D eigenvalue weighted by Crippen LogP contribution is 2.68. The number of hydrogen-bond acceptors (Lipinski definition) is 2. The Hall–Kier alpha value is -0.600. The van der Waals surface area contributed by atoms with Gasteiger partial charge in [-0.15, -0.1) is 0 Å². The molecule has 1 heterocycles. The fourth-order valence-corrected chi connectivity index (χ4v) is 8.88. The van der Waals surface area contributed by atoms with E-state index in [0.717, 1.165) is 36.5 Å². The molecular formula is C26H41NO. The van der Waals surface area contributed by atoms with Crippen molar-refractivity contribution < 1.29 is 5.11 Å². The zero-order chi connectivity index (χ0) is 19.7. The van der Waals surface area contributed by atoms with Crippen LogP contribution in [0.25, 0.3) is 0 Å². The monoisotopic (exact) mass is 383 g/mol. The molecule has 0 bridgehead atoms. The van der Waals surface area contributed by atoms with Gasteiger partial charge in [0.15, 0.2) is 0 Å². The highest BCUT2D eigenvalue weighted by atomic mass is 16.3. The Kier molecular flexibility index (Phi) is 4.64. The van der Waals surface area contributed by atoms with Gasteiger partial charge in [-0.1, -0.05) is 43.6 Å². The predicted molar refractivity (Wildman–Crippen MR) is 116 cm³/mol. The molecule has 0 amide bonds. The summed E-state index contributed by atoms with van der Waals surface area (Å²) in [5.74, 6) is 3.93. The van der Waals surface area contributed by atoms with Crippen LogP contribution in [0.4, 0.5) is 0 Å². The van der Waals surface area contributed by atoms with E-state index in [9.17, 15) is 5.11 Å². The highest BCUT2D eigenvalue weighted by Gasteiger charge is 2.59. The van der Waals surface area contributed by atoms with E-state index in [1.165, 1.54) is 51.6 Å². The minimum Gasteiger partial charge on any atom is -0.393 e. The lowest BCUT2D eigenvalue weighted by atomic mass is 9.45. The van der Waals surface area contributed by atoms with E-state index in [1.807, 2.05) is 5.57 Å². The van der Waals surface area contributed by atoms with Crippen LogP contribution >= 0.6 is 0 Å². The first-order valence-corrected chi connectivity index (χ1v) is 12.1. The van der Waals surface area contributed by atoms with Gasteiger partial charge in [-0.25, -0.2) is 0 Å². The molecular weight excluding hydrogens is 342 g/mol. The zero-order valence-electron chi connectivity index (χ0n) is 18.6. The van der Waals surface area contributed by atoms with Gasteiger partial charge in [0, 0.05) is 6.54 Å². The fraction of sp³-hybridized carbons (Fsp3) is 0.846. The molecule has 8 atom stereocenters. The van der Waals surface area contributed by atoms with Crippen molar-refractivity contribution in [2.24, 2.45) is 40.4 Å². The first-order valence-electron chi connectivity index (χ1n) is 12.1. The van der Waals surface area contributed by atoms with Crippen molar-refractivity contribution in [2.45, 2.75) is 85.2 Å². The Morgan fingerprint density at radius 3 is 2.57 bits per heavy atom. The summed E-state index contributed by atoms with van der Waals surface area (Å²) in [5.41, 5.74) is 5.99. The van der Waals surface area contributed by atoms with Crippen LogP contribution < -0.4 is 5.32 Å². The van der Waals surface area contributed by atoms with E-state index in [-0.39, 0.29) is 6.10 Å². The van der Waals surface area contributed by atoms with Crippen LogP contribution in [-0.4, -0.2) is 24.3 Å². The molecule has 0 radical (unpaired) electrons. The summed E-state index contributed by atoms with van der Waals surface area (Å²) in [6.07, 6.45) is 12.5. The maximum Gasteiger partial charge on any atom is 0.0577 e. The molecule has 5 rings (SSSR count). The lowest BCUT2D eigenvalue weighted by Crippen LogP contribution is -2.53. The SMILES string of the molecule is CC1=C(C2CCCNC2)[C@@]2(C)CC[C@H]3[C@@H]([C@@H](C)C=C4C[C@H](O)CC[C@@]43C)[C@@H]2C1. The first kappa shape index (κ1) is 19.4. The molecule has 0 spiro atoms. The number of allylic oxidation sites excluding steroid dienone is 2. The topological polar surface area (TPSA) is 32.3 Å². The Morgan fingerprint density at radius 2 is 1.82 bits per heavy atom. The molecule has 2 nitrogen and oxygen atoms in total. The molecule has 0 aromatic heterocycles. The van der Waals surface area contributed by atoms with Crippen LogP contribution in [0.1, 0.15) is 79.1 Å². The third-order valence-electron chi connectivity index (χ3n) is 10.1. The number of fused-ring (bicyclic) bond motifs is 5. The second-order valence-corrected chi connectivity index (χ2v) is 11.6. The van der Waals surface area contributed by atoms with Crippen LogP contribution in [0, 0.1) is 40.4 Å². The highest BCUT2D eigenvalue weighted by molar-refractivity contribution is 5.36. The largest absolute Gasteiger partial charge is 0.393 e. The average molecular weight is 384 g/mol. The van der Waals surface area contributed by atoms with Crippen molar-refractivity contribution in [1.82, 2.24) is 5.32 Å². The van der Waals surface area contributed by atoms with Crippen molar-refractivity contribution in [3.05, 3.63) is 22.8 Å². The van der Waals surface area contributed by atoms with Gasteiger partial charge in [0.25, 0.3) is 0 Å². The smallest absolute Gasteiger partial charge is 0.0577 e. The third-order valence-corrected chi connectivity index (χ3v) is 10.1. The number of aliphatic hydroxyl groups excluding tert-OH is 1. The molecule has 156 valence electrons. The van der Waals surface area contributed by atoms with E-state index < -0.39 is 0 Å². The maximum absolute atomic E-state index is 10.3. The van der Waals surface area contributed by atoms with Gasteiger partial charge in [-0.2, -0.15) is 0 Å². The van der Waals surface area contributed by atoms with Crippen LogP contribution in [-0.2, 0) is 0 Å². The van der Waals surface area contributed by atoms with Crippen molar-refractivity contribution >= 4 is 0 Å². The number of hydrogen-bond donors (Lipinski definition) is 2. The number of rotatable bonds is 1. The molecule has 1 unspecified atom stereocenters. The Bertz CT molecular complexity index is 701. The summed E-state index contributed by atoms with van der Waals surface area (Å²) in [7, 11) is 0. The molecule has 0 aromatic rings. The van der Waals surface area contributed by atoms with E-state index in [2.05, 4.69) is 39.1 Å². The van der Waals surface area contributed by atoms with E-state index in [1.54, 1.807) is 11.1 Å². The summed E-state index contributed by atoms with van der Waals surface area (Å²) >= 11 is 0. The lowest BCUT2D eigenvalue weighted by molar-refractivity contribution is -0.0504. The quantitative estimate of drug-likeness (QED) is 0.588. The summed E-state index contributed by atoms with van der Waals surface area (Å²) in [6.45, 7) is 12.6. The van der Waals surface area contributed by atoms with Crippen LogP contribution in [0.2, 0.25) is 0 Å². The Balaban J connectivity index is 1.49. The molecule has 1 aliphatic heterocycles. The molecule has 2 heteroatoms. The van der Waals surface area contributed by atoms with Gasteiger partial charge in [-0.05, 0) is 105 Å². The zero-order valence-corrected chi connectivity index (χ0v) is 18.6. The lowest BCUT2D eigenvalue weighted by Gasteiger charge is -2.60. The van der Waals surface area contributed by atoms with E-state index >= 15 is 0 Å². The second-order valence-electron chi connectivity index (χ2n) is 11.6. The van der Waals surface area contributed by atoms with Gasteiger partial charge in [0.05, 0.1) is 6.10 Å². The van der Waals surface area contributed by atoms with Crippen molar-refractivity contribution in [1.29, 1.82) is 0 Å². The number of aliphatic hydroxyl groups is 1. The molecule has 1 saturated heterocycles. The van der Waals surface area contributed by atoms with Gasteiger partial charge < -0.3 is 10.4 Å². The summed E-state index contributed by atoms with van der Waals surface area (Å²) in [5, 5.41) is 14.0. The predicted octanol–water partition coefficient (Wildman–Crippen LogP) is 5.48. The van der Waals surface area contributed by atoms with Crippen LogP contribution in [0.5, 0.6) is 0 Å². The number of nitrogens with one attached hydrogen (secondary N) is 1. The molecule has 2 saturated carbocycles. The van der Waals surface area contributed by atoms with Gasteiger partial charge in [-0.3, -0.25) is 0 Å². The minimum atomic E-state index is -0.0993. The van der Waals surface area contributed by atoms with E-state index in [0.29, 0.717) is 16.7 Å². The van der Waals surface area contributed by atoms with Crippen LogP contribution in [0.15, 0.2) is 22.8 Å².